The van der Waals surface area contributed by atoms with E-state index in [2.05, 4.69) is 26.7 Å². The highest BCUT2D eigenvalue weighted by Crippen LogP contribution is 2.23. The van der Waals surface area contributed by atoms with Crippen LogP contribution in [0.5, 0.6) is 0 Å². The van der Waals surface area contributed by atoms with Crippen molar-refractivity contribution in [2.24, 2.45) is 4.99 Å². The summed E-state index contributed by atoms with van der Waals surface area (Å²) >= 11 is 0. The number of piperazine rings is 1. The monoisotopic (exact) mass is 477 g/mol. The zero-order valence-corrected chi connectivity index (χ0v) is 19.0. The Kier molecular flexibility index (Phi) is 10.5. The van der Waals surface area contributed by atoms with E-state index in [0.717, 1.165) is 43.8 Å². The third-order valence-electron chi connectivity index (χ3n) is 5.12. The van der Waals surface area contributed by atoms with Gasteiger partial charge in [0.05, 0.1) is 0 Å². The lowest BCUT2D eigenvalue weighted by Gasteiger charge is -2.41. The molecule has 0 bridgehead atoms. The number of halogens is 1. The van der Waals surface area contributed by atoms with E-state index in [-0.39, 0.29) is 36.4 Å². The van der Waals surface area contributed by atoms with Gasteiger partial charge in [0.25, 0.3) is 0 Å². The number of guanidine groups is 1. The van der Waals surface area contributed by atoms with E-state index in [9.17, 15) is 4.79 Å². The molecule has 1 aliphatic carbocycles. The average Bonchev–Trinajstić information content (AvgIpc) is 2.62. The number of hydrogen-bond acceptors (Lipinski definition) is 3. The summed E-state index contributed by atoms with van der Waals surface area (Å²) in [5.74, 6) is 0.858. The molecule has 7 heteroatoms. The Balaban J connectivity index is 0.00000338. The molecule has 1 saturated carbocycles. The van der Waals surface area contributed by atoms with Gasteiger partial charge in [-0.25, -0.2) is 4.99 Å². The fourth-order valence-electron chi connectivity index (χ4n) is 3.53. The van der Waals surface area contributed by atoms with Crippen LogP contribution in [0, 0.1) is 0 Å². The molecule has 0 aromatic heterocycles. The molecule has 0 aromatic rings. The maximum absolute atomic E-state index is 11.9. The summed E-state index contributed by atoms with van der Waals surface area (Å²) < 4.78 is 0. The van der Waals surface area contributed by atoms with E-state index < -0.39 is 0 Å². The molecule has 0 radical (unpaired) electrons. The van der Waals surface area contributed by atoms with Crippen LogP contribution in [0.1, 0.15) is 39.0 Å². The Morgan fingerprint density at radius 2 is 1.77 bits per heavy atom. The Hall–Kier alpha value is -0.830. The third kappa shape index (κ3) is 7.42. The lowest BCUT2D eigenvalue weighted by molar-refractivity contribution is -0.127. The molecule has 0 spiro atoms. The molecule has 6 nitrogen and oxygen atoms in total. The summed E-state index contributed by atoms with van der Waals surface area (Å²) in [4.78, 5) is 22.9. The fourth-order valence-corrected chi connectivity index (χ4v) is 3.53. The van der Waals surface area contributed by atoms with Gasteiger partial charge in [-0.05, 0) is 19.8 Å². The van der Waals surface area contributed by atoms with Crippen LogP contribution in [0.3, 0.4) is 0 Å². The first-order valence-electron chi connectivity index (χ1n) is 9.59. The molecule has 0 unspecified atom stereocenters. The van der Waals surface area contributed by atoms with Crippen molar-refractivity contribution in [2.45, 2.75) is 45.1 Å². The number of carbonyl (C=O) groups is 1. The zero-order chi connectivity index (χ0) is 18.2. The smallest absolute Gasteiger partial charge is 0.243 e. The summed E-state index contributed by atoms with van der Waals surface area (Å²) in [6.07, 6.45) is 6.87. The summed E-state index contributed by atoms with van der Waals surface area (Å²) in [5.41, 5.74) is 1.06. The van der Waals surface area contributed by atoms with Gasteiger partial charge in [-0.2, -0.15) is 0 Å². The molecule has 1 N–H and O–H groups in total. The fraction of sp³-hybridized carbons (Fsp3) is 0.789. The van der Waals surface area contributed by atoms with Gasteiger partial charge in [-0.1, -0.05) is 31.4 Å². The summed E-state index contributed by atoms with van der Waals surface area (Å²) in [6.45, 7) is 10.9. The van der Waals surface area contributed by atoms with Crippen LogP contribution >= 0.6 is 24.0 Å². The molecule has 1 heterocycles. The first-order valence-corrected chi connectivity index (χ1v) is 9.59. The molecule has 1 amide bonds. The van der Waals surface area contributed by atoms with Crippen molar-refractivity contribution in [3.05, 3.63) is 12.2 Å². The number of carbonyl (C=O) groups excluding carboxylic acids is 1. The number of amides is 1. The van der Waals surface area contributed by atoms with E-state index in [1.165, 1.54) is 32.1 Å². The van der Waals surface area contributed by atoms with Gasteiger partial charge < -0.3 is 15.1 Å². The summed E-state index contributed by atoms with van der Waals surface area (Å²) in [6, 6.07) is 0.773. The largest absolute Gasteiger partial charge is 0.353 e. The number of nitrogens with zero attached hydrogens (tertiary/aromatic N) is 4. The second-order valence-corrected chi connectivity index (χ2v) is 7.55. The predicted octanol–water partition coefficient (Wildman–Crippen LogP) is 2.16. The molecule has 2 aliphatic rings. The van der Waals surface area contributed by atoms with Gasteiger partial charge in [-0.3, -0.25) is 9.69 Å². The van der Waals surface area contributed by atoms with Crippen LogP contribution in [0.4, 0.5) is 0 Å². The minimum absolute atomic E-state index is 0. The normalized spacial score (nSPS) is 19.7. The maximum Gasteiger partial charge on any atom is 0.243 e. The summed E-state index contributed by atoms with van der Waals surface area (Å²) in [7, 11) is 3.53. The van der Waals surface area contributed by atoms with Gasteiger partial charge in [0, 0.05) is 52.9 Å². The Morgan fingerprint density at radius 1 is 1.15 bits per heavy atom. The number of aliphatic imine (C=N–C) groups is 1. The second-order valence-electron chi connectivity index (χ2n) is 7.55. The van der Waals surface area contributed by atoms with Gasteiger partial charge in [0.15, 0.2) is 5.96 Å². The van der Waals surface area contributed by atoms with Gasteiger partial charge >= 0.3 is 0 Å². The Labute approximate surface area is 176 Å². The third-order valence-corrected chi connectivity index (χ3v) is 5.12. The van der Waals surface area contributed by atoms with Crippen LogP contribution < -0.4 is 5.32 Å². The zero-order valence-electron chi connectivity index (χ0n) is 16.7. The highest BCUT2D eigenvalue weighted by molar-refractivity contribution is 14.0. The van der Waals surface area contributed by atoms with E-state index >= 15 is 0 Å². The highest BCUT2D eigenvalue weighted by atomic mass is 127. The maximum atomic E-state index is 11.9. The SMILES string of the molecule is C=C(C)CNC(=NCC(=O)N(C)C)N1CCN(C2CCCCC2)CC1.I. The van der Waals surface area contributed by atoms with Crippen LogP contribution in [0.2, 0.25) is 0 Å². The quantitative estimate of drug-likeness (QED) is 0.286. The molecular weight excluding hydrogens is 441 g/mol. The number of likely N-dealkylation sites (N-methyl/N-ethyl adjacent to an activating group) is 1. The average molecular weight is 477 g/mol. The highest BCUT2D eigenvalue weighted by Gasteiger charge is 2.26. The van der Waals surface area contributed by atoms with Crippen LogP contribution in [-0.2, 0) is 4.79 Å². The van der Waals surface area contributed by atoms with Crippen molar-refractivity contribution in [3.63, 3.8) is 0 Å². The van der Waals surface area contributed by atoms with Crippen LogP contribution in [-0.4, -0.2) is 86.0 Å². The number of rotatable bonds is 5. The molecular formula is C19H36IN5O. The van der Waals surface area contributed by atoms with E-state index in [1.807, 2.05) is 6.92 Å². The predicted molar refractivity (Wildman–Crippen MR) is 119 cm³/mol. The van der Waals surface area contributed by atoms with Gasteiger partial charge in [0.1, 0.15) is 6.54 Å². The van der Waals surface area contributed by atoms with Gasteiger partial charge in [0.2, 0.25) is 5.91 Å². The molecule has 26 heavy (non-hydrogen) atoms. The topological polar surface area (TPSA) is 51.2 Å². The molecule has 0 aromatic carbocycles. The first kappa shape index (κ1) is 23.2. The molecule has 1 saturated heterocycles. The van der Waals surface area contributed by atoms with Crippen molar-refractivity contribution < 1.29 is 4.79 Å². The van der Waals surface area contributed by atoms with Crippen LogP contribution in [0.15, 0.2) is 17.1 Å². The number of hydrogen-bond donors (Lipinski definition) is 1. The number of nitrogens with one attached hydrogen (secondary N) is 1. The molecule has 0 atom stereocenters. The van der Waals surface area contributed by atoms with Gasteiger partial charge in [-0.15, -0.1) is 24.0 Å². The minimum atomic E-state index is 0. The Bertz CT molecular complexity index is 480. The van der Waals surface area contributed by atoms with Crippen molar-refractivity contribution in [1.82, 2.24) is 20.0 Å². The van der Waals surface area contributed by atoms with E-state index in [1.54, 1.807) is 19.0 Å². The lowest BCUT2D eigenvalue weighted by atomic mass is 9.94. The molecule has 150 valence electrons. The standard InChI is InChI=1S/C19H35N5O.HI/c1-16(2)14-20-19(21-15-18(25)22(3)4)24-12-10-23(11-13-24)17-8-6-5-7-9-17;/h17H,1,5-15H2,2-4H3,(H,20,21);1H. The van der Waals surface area contributed by atoms with Crippen molar-refractivity contribution in [1.29, 1.82) is 0 Å². The molecule has 1 aliphatic heterocycles. The van der Waals surface area contributed by atoms with Crippen molar-refractivity contribution in [2.75, 3.05) is 53.4 Å². The van der Waals surface area contributed by atoms with Crippen LogP contribution in [0.25, 0.3) is 0 Å². The Morgan fingerprint density at radius 3 is 2.31 bits per heavy atom. The van der Waals surface area contributed by atoms with Crippen molar-refractivity contribution in [3.8, 4) is 0 Å². The second kappa shape index (κ2) is 11.8. The molecule has 2 fully saturated rings. The minimum Gasteiger partial charge on any atom is -0.353 e. The van der Waals surface area contributed by atoms with E-state index in [4.69, 9.17) is 0 Å². The summed E-state index contributed by atoms with van der Waals surface area (Å²) in [5, 5.41) is 3.36. The molecule has 2 rings (SSSR count). The van der Waals surface area contributed by atoms with Crippen molar-refractivity contribution >= 4 is 35.8 Å². The van der Waals surface area contributed by atoms with E-state index in [0.29, 0.717) is 6.54 Å². The first-order chi connectivity index (χ1) is 12.0. The lowest BCUT2D eigenvalue weighted by Crippen LogP contribution is -2.55.